The number of carbonyl (C=O) groups is 1. The van der Waals surface area contributed by atoms with Crippen LogP contribution in [0.25, 0.3) is 0 Å². The van der Waals surface area contributed by atoms with Gasteiger partial charge in [0, 0.05) is 19.8 Å². The topological polar surface area (TPSA) is 96.9 Å². The molecule has 0 aromatic heterocycles. The first-order chi connectivity index (χ1) is 8.58. The van der Waals surface area contributed by atoms with E-state index in [0.717, 1.165) is 6.42 Å². The Kier molecular flexibility index (Phi) is 8.11. The Morgan fingerprint density at radius 1 is 1.39 bits per heavy atom. The van der Waals surface area contributed by atoms with Crippen LogP contribution in [0.4, 0.5) is 0 Å². The molecule has 18 heavy (non-hydrogen) atoms. The highest BCUT2D eigenvalue weighted by atomic mass is 16.5. The number of nitrogens with one attached hydrogen (secondary N) is 1. The van der Waals surface area contributed by atoms with Crippen LogP contribution in [-0.4, -0.2) is 36.7 Å². The quantitative estimate of drug-likeness (QED) is 0.190. The summed E-state index contributed by atoms with van der Waals surface area (Å²) >= 11 is 0. The van der Waals surface area contributed by atoms with E-state index in [0.29, 0.717) is 32.6 Å². The van der Waals surface area contributed by atoms with Crippen LogP contribution in [0.5, 0.6) is 0 Å². The number of ether oxygens (including phenoxy) is 1. The van der Waals surface area contributed by atoms with Gasteiger partial charge in [-0.05, 0) is 26.2 Å². The molecule has 0 spiro atoms. The third-order valence-electron chi connectivity index (χ3n) is 3.19. The summed E-state index contributed by atoms with van der Waals surface area (Å²) in [5, 5.41) is 14.6. The predicted molar refractivity (Wildman–Crippen MR) is 70.5 cm³/mol. The first-order valence-electron chi connectivity index (χ1n) is 6.43. The van der Waals surface area contributed by atoms with Crippen molar-refractivity contribution in [3.05, 3.63) is 0 Å². The zero-order chi connectivity index (χ0) is 14.0. The molecule has 0 aromatic carbocycles. The van der Waals surface area contributed by atoms with Crippen LogP contribution in [0.3, 0.4) is 0 Å². The van der Waals surface area contributed by atoms with E-state index in [-0.39, 0.29) is 11.7 Å². The van der Waals surface area contributed by atoms with E-state index >= 15 is 0 Å². The fourth-order valence-corrected chi connectivity index (χ4v) is 1.84. The van der Waals surface area contributed by atoms with Gasteiger partial charge in [0.2, 0.25) is 5.91 Å². The molecule has 0 aliphatic heterocycles. The van der Waals surface area contributed by atoms with Crippen LogP contribution in [-0.2, 0) is 9.53 Å². The average Bonchev–Trinajstić information content (AvgIpc) is 2.40. The fourth-order valence-electron chi connectivity index (χ4n) is 1.84. The number of nitrogens with two attached hydrogens (primary N) is 1. The van der Waals surface area contributed by atoms with Gasteiger partial charge in [0.15, 0.2) is 5.84 Å². The standard InChI is InChI=1S/C12H25N3O3/c1-4-12(5-2,10(13)15-17)11(16)14-8-7-9-18-6-3/h17H,4-9H2,1-3H3,(H2,13,15)(H,14,16). The van der Waals surface area contributed by atoms with Crippen molar-refractivity contribution < 1.29 is 14.7 Å². The highest BCUT2D eigenvalue weighted by Gasteiger charge is 2.39. The summed E-state index contributed by atoms with van der Waals surface area (Å²) in [5.74, 6) is -0.228. The second-order valence-corrected chi connectivity index (χ2v) is 4.08. The molecule has 0 aliphatic carbocycles. The van der Waals surface area contributed by atoms with E-state index in [4.69, 9.17) is 15.7 Å². The minimum atomic E-state index is -0.916. The number of carbonyl (C=O) groups excluding carboxylic acids is 1. The van der Waals surface area contributed by atoms with Gasteiger partial charge in [-0.2, -0.15) is 0 Å². The van der Waals surface area contributed by atoms with E-state index in [1.54, 1.807) is 0 Å². The molecule has 0 bridgehead atoms. The van der Waals surface area contributed by atoms with Crippen LogP contribution in [0.15, 0.2) is 5.16 Å². The van der Waals surface area contributed by atoms with E-state index in [9.17, 15) is 4.79 Å². The zero-order valence-electron chi connectivity index (χ0n) is 11.5. The Balaban J connectivity index is 4.41. The number of hydrogen-bond donors (Lipinski definition) is 3. The van der Waals surface area contributed by atoms with Crippen LogP contribution in [0.2, 0.25) is 0 Å². The molecule has 0 fully saturated rings. The fraction of sp³-hybridized carbons (Fsp3) is 0.833. The summed E-state index contributed by atoms with van der Waals surface area (Å²) in [6.07, 6.45) is 1.74. The van der Waals surface area contributed by atoms with E-state index in [1.165, 1.54) is 0 Å². The molecule has 106 valence electrons. The molecule has 6 heteroatoms. The molecular formula is C12H25N3O3. The number of amides is 1. The maximum Gasteiger partial charge on any atom is 0.233 e. The summed E-state index contributed by atoms with van der Waals surface area (Å²) < 4.78 is 5.18. The number of nitrogens with zero attached hydrogens (tertiary/aromatic N) is 1. The van der Waals surface area contributed by atoms with E-state index in [2.05, 4.69) is 10.5 Å². The Labute approximate surface area is 109 Å². The van der Waals surface area contributed by atoms with Crippen LogP contribution in [0, 0.1) is 5.41 Å². The SMILES string of the molecule is CCOCCCNC(=O)C(CC)(CC)C(N)=NO. The Hall–Kier alpha value is -1.30. The number of amidine groups is 1. The molecule has 0 aromatic rings. The van der Waals surface area contributed by atoms with Crippen molar-refractivity contribution >= 4 is 11.7 Å². The Morgan fingerprint density at radius 3 is 2.44 bits per heavy atom. The maximum absolute atomic E-state index is 12.1. The molecule has 0 heterocycles. The smallest absolute Gasteiger partial charge is 0.233 e. The van der Waals surface area contributed by atoms with Gasteiger partial charge in [-0.1, -0.05) is 19.0 Å². The molecule has 0 saturated carbocycles. The van der Waals surface area contributed by atoms with Crippen LogP contribution >= 0.6 is 0 Å². The van der Waals surface area contributed by atoms with Crippen LogP contribution in [0.1, 0.15) is 40.0 Å². The average molecular weight is 259 g/mol. The van der Waals surface area contributed by atoms with Crippen molar-refractivity contribution in [1.82, 2.24) is 5.32 Å². The molecule has 0 saturated heterocycles. The summed E-state index contributed by atoms with van der Waals surface area (Å²) in [4.78, 5) is 12.1. The van der Waals surface area contributed by atoms with Gasteiger partial charge in [0.25, 0.3) is 0 Å². The lowest BCUT2D eigenvalue weighted by Crippen LogP contribution is -2.49. The van der Waals surface area contributed by atoms with Crippen molar-refractivity contribution in [2.45, 2.75) is 40.0 Å². The number of rotatable bonds is 9. The van der Waals surface area contributed by atoms with E-state index in [1.807, 2.05) is 20.8 Å². The molecule has 1 amide bonds. The second kappa shape index (κ2) is 8.74. The third kappa shape index (κ3) is 4.18. The lowest BCUT2D eigenvalue weighted by molar-refractivity contribution is -0.128. The Morgan fingerprint density at radius 2 is 2.00 bits per heavy atom. The first kappa shape index (κ1) is 16.7. The molecule has 0 rings (SSSR count). The van der Waals surface area contributed by atoms with Crippen molar-refractivity contribution in [3.8, 4) is 0 Å². The molecule has 6 nitrogen and oxygen atoms in total. The molecule has 0 unspecified atom stereocenters. The predicted octanol–water partition coefficient (Wildman–Crippen LogP) is 1.08. The third-order valence-corrected chi connectivity index (χ3v) is 3.19. The lowest BCUT2D eigenvalue weighted by atomic mass is 9.80. The van der Waals surface area contributed by atoms with Crippen molar-refractivity contribution in [2.75, 3.05) is 19.8 Å². The molecule has 4 N–H and O–H groups in total. The van der Waals surface area contributed by atoms with Gasteiger partial charge in [-0.25, -0.2) is 0 Å². The Bertz CT molecular complexity index is 276. The summed E-state index contributed by atoms with van der Waals surface area (Å²) in [7, 11) is 0. The maximum atomic E-state index is 12.1. The highest BCUT2D eigenvalue weighted by molar-refractivity contribution is 6.06. The minimum Gasteiger partial charge on any atom is -0.409 e. The summed E-state index contributed by atoms with van der Waals surface area (Å²) in [6.45, 7) is 7.44. The van der Waals surface area contributed by atoms with Gasteiger partial charge >= 0.3 is 0 Å². The number of hydrogen-bond acceptors (Lipinski definition) is 4. The largest absolute Gasteiger partial charge is 0.409 e. The van der Waals surface area contributed by atoms with Gasteiger partial charge in [0.05, 0.1) is 0 Å². The second-order valence-electron chi connectivity index (χ2n) is 4.08. The molecule has 0 aliphatic rings. The van der Waals surface area contributed by atoms with Gasteiger partial charge < -0.3 is 21.0 Å². The van der Waals surface area contributed by atoms with Gasteiger partial charge in [-0.3, -0.25) is 4.79 Å². The monoisotopic (exact) mass is 259 g/mol. The lowest BCUT2D eigenvalue weighted by Gasteiger charge is -2.28. The molecule has 0 atom stereocenters. The zero-order valence-corrected chi connectivity index (χ0v) is 11.5. The summed E-state index contributed by atoms with van der Waals surface area (Å²) in [6, 6.07) is 0. The molecule has 0 radical (unpaired) electrons. The van der Waals surface area contributed by atoms with Gasteiger partial charge in [-0.15, -0.1) is 0 Å². The van der Waals surface area contributed by atoms with Crippen LogP contribution < -0.4 is 11.1 Å². The van der Waals surface area contributed by atoms with Crippen molar-refractivity contribution in [1.29, 1.82) is 0 Å². The first-order valence-corrected chi connectivity index (χ1v) is 6.43. The minimum absolute atomic E-state index is 0.0326. The number of oxime groups is 1. The van der Waals surface area contributed by atoms with Gasteiger partial charge in [0.1, 0.15) is 5.41 Å². The highest BCUT2D eigenvalue weighted by Crippen LogP contribution is 2.26. The summed E-state index contributed by atoms with van der Waals surface area (Å²) in [5.41, 5.74) is 4.72. The van der Waals surface area contributed by atoms with Crippen molar-refractivity contribution in [2.24, 2.45) is 16.3 Å². The van der Waals surface area contributed by atoms with Crippen molar-refractivity contribution in [3.63, 3.8) is 0 Å². The van der Waals surface area contributed by atoms with E-state index < -0.39 is 5.41 Å². The normalized spacial score (nSPS) is 12.5. The molecular weight excluding hydrogens is 234 g/mol.